The molecule has 5 heteroatoms. The molecule has 1 amide bonds. The molecule has 0 saturated heterocycles. The molecular formula is C16H15F2NO2. The van der Waals surface area contributed by atoms with E-state index in [1.165, 1.54) is 13.0 Å². The van der Waals surface area contributed by atoms with Gasteiger partial charge >= 0.3 is 0 Å². The number of nitrogens with one attached hydrogen (secondary N) is 1. The van der Waals surface area contributed by atoms with Crippen LogP contribution < -0.4 is 10.1 Å². The summed E-state index contributed by atoms with van der Waals surface area (Å²) < 4.78 is 31.2. The number of ether oxygens (including phenoxy) is 1. The van der Waals surface area contributed by atoms with Crippen molar-refractivity contribution >= 4 is 11.6 Å². The predicted molar refractivity (Wildman–Crippen MR) is 76.3 cm³/mol. The maximum absolute atomic E-state index is 13.1. The Hall–Kier alpha value is -2.43. The van der Waals surface area contributed by atoms with Crippen molar-refractivity contribution in [3.05, 3.63) is 59.7 Å². The average molecular weight is 291 g/mol. The number of benzene rings is 2. The lowest BCUT2D eigenvalue weighted by atomic mass is 10.2. The van der Waals surface area contributed by atoms with Gasteiger partial charge in [0.1, 0.15) is 5.75 Å². The van der Waals surface area contributed by atoms with Gasteiger partial charge in [-0.2, -0.15) is 0 Å². The summed E-state index contributed by atoms with van der Waals surface area (Å²) in [7, 11) is 0. The van der Waals surface area contributed by atoms with E-state index in [9.17, 15) is 13.6 Å². The number of halogens is 2. The van der Waals surface area contributed by atoms with Crippen LogP contribution in [0.3, 0.4) is 0 Å². The Morgan fingerprint density at radius 1 is 1.14 bits per heavy atom. The lowest BCUT2D eigenvalue weighted by Crippen LogP contribution is -2.30. The Labute approximate surface area is 121 Å². The van der Waals surface area contributed by atoms with E-state index < -0.39 is 17.7 Å². The molecule has 0 radical (unpaired) electrons. The van der Waals surface area contributed by atoms with Gasteiger partial charge in [-0.15, -0.1) is 0 Å². The predicted octanol–water partition coefficient (Wildman–Crippen LogP) is 3.68. The maximum atomic E-state index is 13.1. The minimum absolute atomic E-state index is 0.0980. The highest BCUT2D eigenvalue weighted by molar-refractivity contribution is 5.94. The molecule has 0 saturated carbocycles. The topological polar surface area (TPSA) is 38.3 Å². The lowest BCUT2D eigenvalue weighted by molar-refractivity contribution is -0.122. The van der Waals surface area contributed by atoms with Crippen LogP contribution in [0.15, 0.2) is 42.5 Å². The van der Waals surface area contributed by atoms with E-state index in [0.29, 0.717) is 5.69 Å². The van der Waals surface area contributed by atoms with Gasteiger partial charge in [-0.25, -0.2) is 8.78 Å². The highest BCUT2D eigenvalue weighted by Gasteiger charge is 2.15. The monoisotopic (exact) mass is 291 g/mol. The Morgan fingerprint density at radius 3 is 2.57 bits per heavy atom. The zero-order valence-electron chi connectivity index (χ0n) is 11.7. The van der Waals surface area contributed by atoms with Crippen LogP contribution in [0.5, 0.6) is 5.75 Å². The molecule has 1 atom stereocenters. The zero-order valence-corrected chi connectivity index (χ0v) is 11.7. The van der Waals surface area contributed by atoms with E-state index in [-0.39, 0.29) is 11.7 Å². The molecule has 0 bridgehead atoms. The van der Waals surface area contributed by atoms with Crippen molar-refractivity contribution in [2.24, 2.45) is 0 Å². The number of hydrogen-bond acceptors (Lipinski definition) is 2. The van der Waals surface area contributed by atoms with Crippen molar-refractivity contribution in [3.63, 3.8) is 0 Å². The van der Waals surface area contributed by atoms with E-state index in [0.717, 1.165) is 17.7 Å². The summed E-state index contributed by atoms with van der Waals surface area (Å²) >= 11 is 0. The van der Waals surface area contributed by atoms with Crippen molar-refractivity contribution < 1.29 is 18.3 Å². The minimum atomic E-state index is -1.02. The van der Waals surface area contributed by atoms with Gasteiger partial charge in [-0.3, -0.25) is 4.79 Å². The summed E-state index contributed by atoms with van der Waals surface area (Å²) in [6, 6.07) is 10.5. The molecule has 21 heavy (non-hydrogen) atoms. The van der Waals surface area contributed by atoms with Crippen molar-refractivity contribution in [3.8, 4) is 5.75 Å². The average Bonchev–Trinajstić information content (AvgIpc) is 2.43. The van der Waals surface area contributed by atoms with Gasteiger partial charge in [-0.05, 0) is 43.7 Å². The largest absolute Gasteiger partial charge is 0.481 e. The standard InChI is InChI=1S/C16H15F2NO2/c1-10-4-3-5-12(8-10)19-16(20)11(2)21-13-6-7-14(17)15(18)9-13/h3-9,11H,1-2H3,(H,19,20)/t11-/m0/s1. The first-order valence-corrected chi connectivity index (χ1v) is 6.45. The van der Waals surface area contributed by atoms with Crippen LogP contribution in [0.2, 0.25) is 0 Å². The second-order valence-corrected chi connectivity index (χ2v) is 4.69. The lowest BCUT2D eigenvalue weighted by Gasteiger charge is -2.15. The van der Waals surface area contributed by atoms with Crippen molar-refractivity contribution in [2.45, 2.75) is 20.0 Å². The first kappa shape index (κ1) is 15.0. The molecule has 0 aromatic heterocycles. The van der Waals surface area contributed by atoms with Gasteiger partial charge in [0.15, 0.2) is 17.7 Å². The van der Waals surface area contributed by atoms with Gasteiger partial charge in [-0.1, -0.05) is 12.1 Å². The van der Waals surface area contributed by atoms with Gasteiger partial charge in [0.25, 0.3) is 5.91 Å². The number of anilines is 1. The smallest absolute Gasteiger partial charge is 0.265 e. The molecule has 3 nitrogen and oxygen atoms in total. The molecule has 2 aromatic carbocycles. The van der Waals surface area contributed by atoms with Crippen LogP contribution in [-0.4, -0.2) is 12.0 Å². The van der Waals surface area contributed by atoms with E-state index in [1.54, 1.807) is 6.07 Å². The molecule has 0 aliphatic rings. The fourth-order valence-corrected chi connectivity index (χ4v) is 1.77. The van der Waals surface area contributed by atoms with Gasteiger partial charge in [0.2, 0.25) is 0 Å². The fraction of sp³-hybridized carbons (Fsp3) is 0.188. The molecular weight excluding hydrogens is 276 g/mol. The number of amides is 1. The zero-order chi connectivity index (χ0) is 15.4. The molecule has 0 fully saturated rings. The first-order valence-electron chi connectivity index (χ1n) is 6.45. The second kappa shape index (κ2) is 6.35. The van der Waals surface area contributed by atoms with Crippen molar-refractivity contribution in [2.75, 3.05) is 5.32 Å². The molecule has 2 rings (SSSR count). The van der Waals surface area contributed by atoms with Crippen LogP contribution in [0.25, 0.3) is 0 Å². The van der Waals surface area contributed by atoms with E-state index >= 15 is 0 Å². The highest BCUT2D eigenvalue weighted by Crippen LogP contribution is 2.17. The fourth-order valence-electron chi connectivity index (χ4n) is 1.77. The minimum Gasteiger partial charge on any atom is -0.481 e. The van der Waals surface area contributed by atoms with Gasteiger partial charge in [0, 0.05) is 11.8 Å². The molecule has 2 aromatic rings. The quantitative estimate of drug-likeness (QED) is 0.933. The van der Waals surface area contributed by atoms with Crippen LogP contribution in [0.4, 0.5) is 14.5 Å². The van der Waals surface area contributed by atoms with Crippen molar-refractivity contribution in [1.82, 2.24) is 0 Å². The number of hydrogen-bond donors (Lipinski definition) is 1. The molecule has 0 unspecified atom stereocenters. The third kappa shape index (κ3) is 4.02. The van der Waals surface area contributed by atoms with Gasteiger partial charge < -0.3 is 10.1 Å². The van der Waals surface area contributed by atoms with E-state index in [1.807, 2.05) is 25.1 Å². The molecule has 0 heterocycles. The molecule has 0 spiro atoms. The highest BCUT2D eigenvalue weighted by atomic mass is 19.2. The SMILES string of the molecule is Cc1cccc(NC(=O)[C@H](C)Oc2ccc(F)c(F)c2)c1. The molecule has 1 N–H and O–H groups in total. The van der Waals surface area contributed by atoms with Crippen LogP contribution in [0, 0.1) is 18.6 Å². The van der Waals surface area contributed by atoms with Gasteiger partial charge in [0.05, 0.1) is 0 Å². The van der Waals surface area contributed by atoms with Crippen LogP contribution >= 0.6 is 0 Å². The Morgan fingerprint density at radius 2 is 1.90 bits per heavy atom. The molecule has 0 aliphatic heterocycles. The number of carbonyl (C=O) groups excluding carboxylic acids is 1. The maximum Gasteiger partial charge on any atom is 0.265 e. The molecule has 0 aliphatic carbocycles. The number of carbonyl (C=O) groups is 1. The van der Waals surface area contributed by atoms with Crippen molar-refractivity contribution in [1.29, 1.82) is 0 Å². The first-order chi connectivity index (χ1) is 9.95. The van der Waals surface area contributed by atoms with E-state index in [2.05, 4.69) is 5.32 Å². The summed E-state index contributed by atoms with van der Waals surface area (Å²) in [6.07, 6.45) is -0.838. The Bertz CT molecular complexity index is 658. The molecule has 110 valence electrons. The van der Waals surface area contributed by atoms with E-state index in [4.69, 9.17) is 4.74 Å². The third-order valence-electron chi connectivity index (χ3n) is 2.86. The summed E-state index contributed by atoms with van der Waals surface area (Å²) in [4.78, 5) is 12.0. The summed E-state index contributed by atoms with van der Waals surface area (Å²) in [5.41, 5.74) is 1.67. The summed E-state index contributed by atoms with van der Waals surface area (Å²) in [5.74, 6) is -2.25. The van der Waals surface area contributed by atoms with Crippen LogP contribution in [-0.2, 0) is 4.79 Å². The third-order valence-corrected chi connectivity index (χ3v) is 2.86. The van der Waals surface area contributed by atoms with Crippen LogP contribution in [0.1, 0.15) is 12.5 Å². The summed E-state index contributed by atoms with van der Waals surface area (Å²) in [6.45, 7) is 3.45. The summed E-state index contributed by atoms with van der Waals surface area (Å²) in [5, 5.41) is 2.70. The second-order valence-electron chi connectivity index (χ2n) is 4.69. The Kier molecular flexibility index (Phi) is 4.52. The Balaban J connectivity index is 2.00. The number of rotatable bonds is 4. The number of aryl methyl sites for hydroxylation is 1. The normalized spacial score (nSPS) is 11.8.